The number of nitrogens with one attached hydrogen (secondary N) is 1. The Morgan fingerprint density at radius 1 is 1.27 bits per heavy atom. The molecular weight excluding hydrogens is 350 g/mol. The monoisotopic (exact) mass is 371 g/mol. The first kappa shape index (κ1) is 18.1. The molecule has 26 heavy (non-hydrogen) atoms. The van der Waals surface area contributed by atoms with Gasteiger partial charge in [-0.05, 0) is 49.4 Å². The molecule has 1 atom stereocenters. The van der Waals surface area contributed by atoms with Crippen molar-refractivity contribution in [1.82, 2.24) is 14.5 Å². The predicted molar refractivity (Wildman–Crippen MR) is 104 cm³/mol. The fourth-order valence-electron chi connectivity index (χ4n) is 2.80. The van der Waals surface area contributed by atoms with E-state index in [2.05, 4.69) is 5.32 Å². The Hall–Kier alpha value is -2.67. The van der Waals surface area contributed by atoms with Gasteiger partial charge in [-0.3, -0.25) is 14.2 Å². The molecule has 6 nitrogen and oxygen atoms in total. The second kappa shape index (κ2) is 7.29. The average Bonchev–Trinajstić information content (AvgIpc) is 3.08. The lowest BCUT2D eigenvalue weighted by Gasteiger charge is -2.15. The van der Waals surface area contributed by atoms with Crippen LogP contribution < -0.4 is 16.6 Å². The molecule has 0 aliphatic heterocycles. The predicted octanol–water partition coefficient (Wildman–Crippen LogP) is 2.44. The molecule has 3 rings (SSSR count). The van der Waals surface area contributed by atoms with Crippen molar-refractivity contribution < 1.29 is 4.79 Å². The van der Waals surface area contributed by atoms with E-state index in [0.29, 0.717) is 15.9 Å². The first-order chi connectivity index (χ1) is 12.4. The maximum absolute atomic E-state index is 13.1. The number of hydrogen-bond donors (Lipinski definition) is 1. The van der Waals surface area contributed by atoms with Gasteiger partial charge in [0, 0.05) is 6.04 Å². The maximum Gasteiger partial charge on any atom is 0.336 e. The van der Waals surface area contributed by atoms with E-state index >= 15 is 0 Å². The average molecular weight is 371 g/mol. The molecule has 2 aromatic heterocycles. The zero-order valence-corrected chi connectivity index (χ0v) is 15.8. The molecule has 1 amide bonds. The van der Waals surface area contributed by atoms with Gasteiger partial charge in [-0.1, -0.05) is 19.1 Å². The first-order valence-electron chi connectivity index (χ1n) is 8.51. The topological polar surface area (TPSA) is 73.1 Å². The quantitative estimate of drug-likeness (QED) is 0.749. The third-order valence-electron chi connectivity index (χ3n) is 4.34. The second-order valence-electron chi connectivity index (χ2n) is 6.36. The zero-order chi connectivity index (χ0) is 18.8. The van der Waals surface area contributed by atoms with Crippen LogP contribution in [-0.4, -0.2) is 21.1 Å². The molecule has 1 N–H and O–H groups in total. The number of rotatable bonds is 5. The molecule has 0 radical (unpaired) electrons. The number of hydrogen-bond acceptors (Lipinski definition) is 4. The molecule has 0 saturated carbocycles. The molecule has 1 aromatic carbocycles. The van der Waals surface area contributed by atoms with Crippen molar-refractivity contribution in [2.45, 2.75) is 39.8 Å². The molecule has 0 fully saturated rings. The Labute approximate surface area is 154 Å². The summed E-state index contributed by atoms with van der Waals surface area (Å²) >= 11 is 1.27. The lowest BCUT2D eigenvalue weighted by atomic mass is 10.2. The summed E-state index contributed by atoms with van der Waals surface area (Å²) in [4.78, 5) is 38.2. The SMILES string of the molecule is CC[C@H](C)NC(=O)Cn1c(=O)n(-c2cccc(C)c2)c(=O)c2sccc21. The van der Waals surface area contributed by atoms with Crippen LogP contribution >= 0.6 is 11.3 Å². The molecular formula is C19H21N3O3S. The summed E-state index contributed by atoms with van der Waals surface area (Å²) in [6.07, 6.45) is 0.803. The standard InChI is InChI=1S/C19H21N3O3S/c1-4-13(3)20-16(23)11-21-15-8-9-26-17(15)18(24)22(19(21)25)14-7-5-6-12(2)10-14/h5-10,13H,4,11H2,1-3H3,(H,20,23)/t13-/m0/s1. The smallest absolute Gasteiger partial charge is 0.336 e. The molecule has 2 heterocycles. The largest absolute Gasteiger partial charge is 0.352 e. The van der Waals surface area contributed by atoms with Crippen molar-refractivity contribution in [3.63, 3.8) is 0 Å². The van der Waals surface area contributed by atoms with Crippen LogP contribution in [0.3, 0.4) is 0 Å². The zero-order valence-electron chi connectivity index (χ0n) is 15.0. The normalized spacial score (nSPS) is 12.3. The van der Waals surface area contributed by atoms with Crippen LogP contribution in [0, 0.1) is 6.92 Å². The van der Waals surface area contributed by atoms with Crippen molar-refractivity contribution in [1.29, 1.82) is 0 Å². The number of aromatic nitrogens is 2. The minimum atomic E-state index is -0.509. The van der Waals surface area contributed by atoms with Crippen molar-refractivity contribution in [3.8, 4) is 5.69 Å². The number of thiophene rings is 1. The molecule has 0 unspecified atom stereocenters. The van der Waals surface area contributed by atoms with Crippen LogP contribution in [0.25, 0.3) is 15.9 Å². The van der Waals surface area contributed by atoms with E-state index in [4.69, 9.17) is 0 Å². The summed E-state index contributed by atoms with van der Waals surface area (Å²) in [6, 6.07) is 8.94. The Kier molecular flexibility index (Phi) is 5.08. The molecule has 3 aromatic rings. The van der Waals surface area contributed by atoms with Gasteiger partial charge in [0.1, 0.15) is 11.2 Å². The minimum Gasteiger partial charge on any atom is -0.352 e. The number of nitrogens with zero attached hydrogens (tertiary/aromatic N) is 2. The van der Waals surface area contributed by atoms with Crippen LogP contribution in [-0.2, 0) is 11.3 Å². The van der Waals surface area contributed by atoms with Gasteiger partial charge >= 0.3 is 5.69 Å². The second-order valence-corrected chi connectivity index (χ2v) is 7.28. The minimum absolute atomic E-state index is 0.0267. The van der Waals surface area contributed by atoms with Crippen LogP contribution in [0.4, 0.5) is 0 Å². The van der Waals surface area contributed by atoms with Gasteiger partial charge in [0.15, 0.2) is 0 Å². The Morgan fingerprint density at radius 3 is 2.73 bits per heavy atom. The van der Waals surface area contributed by atoms with Crippen LogP contribution in [0.5, 0.6) is 0 Å². The molecule has 0 aliphatic rings. The number of carbonyl (C=O) groups excluding carboxylic acids is 1. The summed E-state index contributed by atoms with van der Waals surface area (Å²) in [5.41, 5.74) is 1.08. The van der Waals surface area contributed by atoms with Gasteiger partial charge in [-0.2, -0.15) is 0 Å². The molecule has 136 valence electrons. The van der Waals surface area contributed by atoms with Gasteiger partial charge in [-0.25, -0.2) is 9.36 Å². The molecule has 0 spiro atoms. The van der Waals surface area contributed by atoms with Crippen molar-refractivity contribution >= 4 is 27.5 Å². The lowest BCUT2D eigenvalue weighted by molar-refractivity contribution is -0.122. The van der Waals surface area contributed by atoms with Gasteiger partial charge in [0.25, 0.3) is 5.56 Å². The summed E-state index contributed by atoms with van der Waals surface area (Å²) in [5.74, 6) is -0.247. The maximum atomic E-state index is 13.1. The van der Waals surface area contributed by atoms with E-state index in [0.717, 1.165) is 16.6 Å². The molecule has 0 aliphatic carbocycles. The third kappa shape index (κ3) is 3.35. The van der Waals surface area contributed by atoms with Gasteiger partial charge in [0.2, 0.25) is 5.91 Å². The van der Waals surface area contributed by atoms with Gasteiger partial charge in [-0.15, -0.1) is 11.3 Å². The van der Waals surface area contributed by atoms with Crippen LogP contribution in [0.15, 0.2) is 45.3 Å². The molecule has 0 bridgehead atoms. The van der Waals surface area contributed by atoms with Gasteiger partial charge < -0.3 is 5.32 Å². The molecule has 0 saturated heterocycles. The fraction of sp³-hybridized carbons (Fsp3) is 0.316. The van der Waals surface area contributed by atoms with E-state index in [1.54, 1.807) is 29.6 Å². The van der Waals surface area contributed by atoms with E-state index in [-0.39, 0.29) is 24.1 Å². The number of amides is 1. The Balaban J connectivity index is 2.18. The highest BCUT2D eigenvalue weighted by Crippen LogP contribution is 2.16. The highest BCUT2D eigenvalue weighted by Gasteiger charge is 2.18. The summed E-state index contributed by atoms with van der Waals surface area (Å²) in [7, 11) is 0. The van der Waals surface area contributed by atoms with E-state index < -0.39 is 5.69 Å². The first-order valence-corrected chi connectivity index (χ1v) is 9.39. The van der Waals surface area contributed by atoms with E-state index in [9.17, 15) is 14.4 Å². The molecule has 7 heteroatoms. The van der Waals surface area contributed by atoms with E-state index in [1.165, 1.54) is 15.9 Å². The highest BCUT2D eigenvalue weighted by atomic mass is 32.1. The third-order valence-corrected chi connectivity index (χ3v) is 5.23. The lowest BCUT2D eigenvalue weighted by Crippen LogP contribution is -2.42. The number of aryl methyl sites for hydroxylation is 1. The van der Waals surface area contributed by atoms with Crippen molar-refractivity contribution in [3.05, 3.63) is 62.1 Å². The van der Waals surface area contributed by atoms with Crippen LogP contribution in [0.1, 0.15) is 25.8 Å². The van der Waals surface area contributed by atoms with Crippen molar-refractivity contribution in [2.24, 2.45) is 0 Å². The van der Waals surface area contributed by atoms with Gasteiger partial charge in [0.05, 0.1) is 11.2 Å². The number of fused-ring (bicyclic) bond motifs is 1. The fourth-order valence-corrected chi connectivity index (χ4v) is 3.63. The highest BCUT2D eigenvalue weighted by molar-refractivity contribution is 7.17. The van der Waals surface area contributed by atoms with Crippen LogP contribution in [0.2, 0.25) is 0 Å². The Morgan fingerprint density at radius 2 is 2.04 bits per heavy atom. The number of benzene rings is 1. The van der Waals surface area contributed by atoms with E-state index in [1.807, 2.05) is 26.8 Å². The Bertz CT molecular complexity index is 1080. The summed E-state index contributed by atoms with van der Waals surface area (Å²) in [6.45, 7) is 5.67. The number of carbonyl (C=O) groups is 1. The van der Waals surface area contributed by atoms with Crippen molar-refractivity contribution in [2.75, 3.05) is 0 Å². The summed E-state index contributed by atoms with van der Waals surface area (Å²) in [5, 5.41) is 4.62. The summed E-state index contributed by atoms with van der Waals surface area (Å²) < 4.78 is 2.97.